The molecule has 3 nitrogen and oxygen atoms in total. The average molecular weight is 425 g/mol. The van der Waals surface area contributed by atoms with Gasteiger partial charge in [-0.3, -0.25) is 0 Å². The highest BCUT2D eigenvalue weighted by Crippen LogP contribution is 2.44. The lowest BCUT2D eigenvalue weighted by atomic mass is 9.72. The summed E-state index contributed by atoms with van der Waals surface area (Å²) in [6.45, 7) is 6.79. The molecule has 0 radical (unpaired) electrons. The fraction of sp³-hybridized carbons (Fsp3) is 0.333. The van der Waals surface area contributed by atoms with Gasteiger partial charge in [-0.1, -0.05) is 20.8 Å². The molecule has 0 fully saturated rings. The van der Waals surface area contributed by atoms with Crippen molar-refractivity contribution in [3.63, 3.8) is 0 Å². The van der Waals surface area contributed by atoms with Gasteiger partial charge in [-0.25, -0.2) is 13.8 Å². The molecule has 154 valence electrons. The maximum atomic E-state index is 14.0. The van der Waals surface area contributed by atoms with Crippen LogP contribution in [0.2, 0.25) is 0 Å². The van der Waals surface area contributed by atoms with Gasteiger partial charge in [-0.05, 0) is 60.4 Å². The first-order valence-corrected chi connectivity index (χ1v) is 10.7. The van der Waals surface area contributed by atoms with Crippen LogP contribution in [0.15, 0.2) is 39.7 Å². The molecule has 1 atom stereocenters. The summed E-state index contributed by atoms with van der Waals surface area (Å²) in [6.07, 6.45) is 4.50. The Balaban J connectivity index is 1.59. The van der Waals surface area contributed by atoms with Crippen molar-refractivity contribution in [1.82, 2.24) is 0 Å². The van der Waals surface area contributed by atoms with Gasteiger partial charge in [0.25, 0.3) is 0 Å². The van der Waals surface area contributed by atoms with Gasteiger partial charge in [0.2, 0.25) is 0 Å². The second kappa shape index (κ2) is 7.81. The molecular formula is C24H22F2N2OS. The van der Waals surface area contributed by atoms with E-state index in [1.165, 1.54) is 17.0 Å². The average Bonchev–Trinajstić information content (AvgIpc) is 3.29. The second-order valence-corrected chi connectivity index (χ2v) is 9.77. The minimum absolute atomic E-state index is 0.188. The molecule has 0 spiro atoms. The lowest BCUT2D eigenvalue weighted by molar-refractivity contribution is 0.218. The molecule has 30 heavy (non-hydrogen) atoms. The van der Waals surface area contributed by atoms with E-state index in [4.69, 9.17) is 4.42 Å². The Bertz CT molecular complexity index is 1160. The summed E-state index contributed by atoms with van der Waals surface area (Å²) in [5.74, 6) is 0.0118. The number of rotatable bonds is 3. The first-order chi connectivity index (χ1) is 14.3. The Labute approximate surface area is 178 Å². The van der Waals surface area contributed by atoms with Crippen molar-refractivity contribution in [3.05, 3.63) is 63.7 Å². The molecule has 1 aromatic carbocycles. The second-order valence-electron chi connectivity index (χ2n) is 8.69. The molecule has 0 N–H and O–H groups in total. The molecule has 6 heteroatoms. The van der Waals surface area contributed by atoms with Crippen LogP contribution in [0.5, 0.6) is 0 Å². The predicted octanol–water partition coefficient (Wildman–Crippen LogP) is 7.06. The molecule has 4 rings (SSSR count). The van der Waals surface area contributed by atoms with Gasteiger partial charge in [0.05, 0.1) is 17.3 Å². The normalized spacial score (nSPS) is 16.6. The van der Waals surface area contributed by atoms with Crippen LogP contribution in [-0.4, -0.2) is 6.21 Å². The number of aliphatic imine (C=N–C) groups is 1. The summed E-state index contributed by atoms with van der Waals surface area (Å²) < 4.78 is 32.8. The lowest BCUT2D eigenvalue weighted by Crippen LogP contribution is -2.26. The zero-order valence-electron chi connectivity index (χ0n) is 17.1. The number of hydrogen-bond acceptors (Lipinski definition) is 4. The van der Waals surface area contributed by atoms with Crippen LogP contribution >= 0.6 is 11.3 Å². The molecule has 1 aliphatic rings. The van der Waals surface area contributed by atoms with E-state index in [2.05, 4.69) is 31.8 Å². The monoisotopic (exact) mass is 424 g/mol. The standard InChI is InChI=1S/C24H22F2N2OS/c1-24(2,3)14-4-7-17-19(12-27)23(30-22(17)10-14)28-13-16-6-9-21(29-16)18-8-5-15(25)11-20(18)26/h5-6,8-9,11,13-14H,4,7,10H2,1-3H3/t14-/m1/s1. The smallest absolute Gasteiger partial charge is 0.145 e. The van der Waals surface area contributed by atoms with Crippen molar-refractivity contribution in [3.8, 4) is 17.4 Å². The molecule has 0 unspecified atom stereocenters. The molecule has 0 amide bonds. The highest BCUT2D eigenvalue weighted by molar-refractivity contribution is 7.16. The summed E-state index contributed by atoms with van der Waals surface area (Å²) in [7, 11) is 0. The van der Waals surface area contributed by atoms with Gasteiger partial charge in [-0.2, -0.15) is 5.26 Å². The number of thiophene rings is 1. The van der Waals surface area contributed by atoms with Crippen molar-refractivity contribution in [2.75, 3.05) is 0 Å². The van der Waals surface area contributed by atoms with Crippen molar-refractivity contribution >= 4 is 22.6 Å². The Morgan fingerprint density at radius 3 is 2.73 bits per heavy atom. The Hall–Kier alpha value is -2.78. The molecule has 0 bridgehead atoms. The predicted molar refractivity (Wildman–Crippen MR) is 115 cm³/mol. The number of benzene rings is 1. The topological polar surface area (TPSA) is 49.3 Å². The van der Waals surface area contributed by atoms with Crippen LogP contribution in [0.4, 0.5) is 13.8 Å². The van der Waals surface area contributed by atoms with Crippen LogP contribution in [0.3, 0.4) is 0 Å². The number of nitrogens with zero attached hydrogens (tertiary/aromatic N) is 2. The van der Waals surface area contributed by atoms with E-state index in [0.717, 1.165) is 30.9 Å². The Morgan fingerprint density at radius 2 is 2.03 bits per heavy atom. The highest BCUT2D eigenvalue weighted by Gasteiger charge is 2.32. The first kappa shape index (κ1) is 20.5. The van der Waals surface area contributed by atoms with E-state index in [-0.39, 0.29) is 11.0 Å². The summed E-state index contributed by atoms with van der Waals surface area (Å²) in [6, 6.07) is 8.98. The van der Waals surface area contributed by atoms with Crippen LogP contribution in [0, 0.1) is 34.3 Å². The molecule has 0 aliphatic heterocycles. The molecule has 2 heterocycles. The maximum Gasteiger partial charge on any atom is 0.145 e. The van der Waals surface area contributed by atoms with E-state index >= 15 is 0 Å². The van der Waals surface area contributed by atoms with Crippen LogP contribution in [-0.2, 0) is 12.8 Å². The minimum atomic E-state index is -0.682. The highest BCUT2D eigenvalue weighted by atomic mass is 32.1. The summed E-state index contributed by atoms with van der Waals surface area (Å²) in [5, 5.41) is 10.4. The molecule has 3 aromatic rings. The third-order valence-corrected chi connectivity index (χ3v) is 6.88. The van der Waals surface area contributed by atoms with Gasteiger partial charge in [0.15, 0.2) is 0 Å². The first-order valence-electron chi connectivity index (χ1n) is 9.90. The Morgan fingerprint density at radius 1 is 1.23 bits per heavy atom. The number of furan rings is 1. The molecule has 0 saturated heterocycles. The zero-order valence-corrected chi connectivity index (χ0v) is 17.9. The van der Waals surface area contributed by atoms with Gasteiger partial charge in [-0.15, -0.1) is 11.3 Å². The van der Waals surface area contributed by atoms with Crippen molar-refractivity contribution in [2.24, 2.45) is 16.3 Å². The van der Waals surface area contributed by atoms with E-state index in [9.17, 15) is 14.0 Å². The quantitative estimate of drug-likeness (QED) is 0.423. The lowest BCUT2D eigenvalue weighted by Gasteiger charge is -2.33. The van der Waals surface area contributed by atoms with Crippen molar-refractivity contribution in [1.29, 1.82) is 5.26 Å². The zero-order chi connectivity index (χ0) is 21.5. The number of halogens is 2. The number of hydrogen-bond donors (Lipinski definition) is 0. The van der Waals surface area contributed by atoms with E-state index in [0.29, 0.717) is 28.0 Å². The fourth-order valence-electron chi connectivity index (χ4n) is 3.90. The molecular weight excluding hydrogens is 402 g/mol. The number of nitriles is 1. The SMILES string of the molecule is CC(C)(C)[C@@H]1CCc2c(sc(N=Cc3ccc(-c4ccc(F)cc4F)o3)c2C#N)C1. The minimum Gasteiger partial charge on any atom is -0.455 e. The van der Waals surface area contributed by atoms with Crippen molar-refractivity contribution < 1.29 is 13.2 Å². The number of fused-ring (bicyclic) bond motifs is 1. The summed E-state index contributed by atoms with van der Waals surface area (Å²) in [4.78, 5) is 5.76. The van der Waals surface area contributed by atoms with Crippen molar-refractivity contribution in [2.45, 2.75) is 40.0 Å². The van der Waals surface area contributed by atoms with Crippen LogP contribution in [0.1, 0.15) is 49.0 Å². The van der Waals surface area contributed by atoms with Gasteiger partial charge in [0.1, 0.15) is 34.2 Å². The largest absolute Gasteiger partial charge is 0.455 e. The maximum absolute atomic E-state index is 14.0. The summed E-state index contributed by atoms with van der Waals surface area (Å²) >= 11 is 1.57. The van der Waals surface area contributed by atoms with Crippen LogP contribution in [0.25, 0.3) is 11.3 Å². The van der Waals surface area contributed by atoms with E-state index in [1.807, 2.05) is 0 Å². The molecule has 0 saturated carbocycles. The van der Waals surface area contributed by atoms with E-state index < -0.39 is 11.6 Å². The summed E-state index contributed by atoms with van der Waals surface area (Å²) in [5.41, 5.74) is 2.20. The van der Waals surface area contributed by atoms with E-state index in [1.54, 1.807) is 29.7 Å². The third kappa shape index (κ3) is 3.95. The molecule has 2 aromatic heterocycles. The van der Waals surface area contributed by atoms with Crippen LogP contribution < -0.4 is 0 Å². The Kier molecular flexibility index (Phi) is 5.33. The van der Waals surface area contributed by atoms with Gasteiger partial charge in [0, 0.05) is 10.9 Å². The third-order valence-electron chi connectivity index (χ3n) is 5.72. The van der Waals surface area contributed by atoms with Gasteiger partial charge < -0.3 is 4.42 Å². The molecule has 1 aliphatic carbocycles. The van der Waals surface area contributed by atoms with Gasteiger partial charge >= 0.3 is 0 Å². The fourth-order valence-corrected chi connectivity index (χ4v) is 5.12.